The summed E-state index contributed by atoms with van der Waals surface area (Å²) in [6, 6.07) is 0.498. The summed E-state index contributed by atoms with van der Waals surface area (Å²) in [6.07, 6.45) is 9.04. The number of nitrogens with one attached hydrogen (secondary N) is 2. The molecule has 6 nitrogen and oxygen atoms in total. The second-order valence-corrected chi connectivity index (χ2v) is 5.63. The molecule has 0 radical (unpaired) electrons. The fourth-order valence-electron chi connectivity index (χ4n) is 2.93. The maximum Gasteiger partial charge on any atom is 0.155 e. The molecule has 1 aromatic heterocycles. The van der Waals surface area contributed by atoms with Gasteiger partial charge in [0.15, 0.2) is 11.6 Å². The van der Waals surface area contributed by atoms with Gasteiger partial charge in [0.1, 0.15) is 12.0 Å². The Kier molecular flexibility index (Phi) is 4.20. The minimum atomic E-state index is 0.274. The molecule has 4 N–H and O–H groups in total. The molecule has 0 spiro atoms. The molecule has 0 bridgehead atoms. The average Bonchev–Trinajstić information content (AvgIpc) is 3.13. The van der Waals surface area contributed by atoms with Gasteiger partial charge in [0.2, 0.25) is 0 Å². The van der Waals surface area contributed by atoms with Crippen molar-refractivity contribution in [3.05, 3.63) is 6.33 Å². The topological polar surface area (TPSA) is 85.1 Å². The van der Waals surface area contributed by atoms with E-state index in [-0.39, 0.29) is 6.10 Å². The molecule has 1 atom stereocenters. The Bertz CT molecular complexity index is 441. The molecule has 6 heteroatoms. The summed E-state index contributed by atoms with van der Waals surface area (Å²) in [5, 5.41) is 6.71. The summed E-state index contributed by atoms with van der Waals surface area (Å²) in [6.45, 7) is 1.62. The molecule has 0 amide bonds. The minimum absolute atomic E-state index is 0.274. The van der Waals surface area contributed by atoms with E-state index in [9.17, 15) is 0 Å². The third kappa shape index (κ3) is 3.12. The number of nitrogens with two attached hydrogens (primary N) is 1. The van der Waals surface area contributed by atoms with E-state index in [1.807, 2.05) is 0 Å². The van der Waals surface area contributed by atoms with Crippen LogP contribution in [0.5, 0.6) is 0 Å². The smallest absolute Gasteiger partial charge is 0.155 e. The van der Waals surface area contributed by atoms with Crippen LogP contribution in [-0.2, 0) is 4.74 Å². The summed E-state index contributed by atoms with van der Waals surface area (Å²) in [5.74, 6) is 1.46. The number of nitrogens with zero attached hydrogens (tertiary/aromatic N) is 2. The zero-order valence-electron chi connectivity index (χ0n) is 11.8. The third-order valence-electron chi connectivity index (χ3n) is 4.10. The lowest BCUT2D eigenvalue weighted by Crippen LogP contribution is -2.21. The molecule has 1 aliphatic heterocycles. The first-order valence-electron chi connectivity index (χ1n) is 7.55. The Morgan fingerprint density at radius 1 is 1.15 bits per heavy atom. The maximum atomic E-state index is 6.16. The first-order valence-corrected chi connectivity index (χ1v) is 7.55. The summed E-state index contributed by atoms with van der Waals surface area (Å²) in [7, 11) is 0. The predicted octanol–water partition coefficient (Wildman–Crippen LogP) is 2.00. The van der Waals surface area contributed by atoms with Crippen LogP contribution in [0.25, 0.3) is 0 Å². The first-order chi connectivity index (χ1) is 9.83. The lowest BCUT2D eigenvalue weighted by atomic mass is 10.2. The van der Waals surface area contributed by atoms with Gasteiger partial charge in [0.25, 0.3) is 0 Å². The number of nitrogen functional groups attached to an aromatic ring is 1. The lowest BCUT2D eigenvalue weighted by Gasteiger charge is -2.17. The molecule has 20 heavy (non-hydrogen) atoms. The molecule has 1 saturated carbocycles. The number of hydrogen-bond donors (Lipinski definition) is 3. The van der Waals surface area contributed by atoms with E-state index in [1.165, 1.54) is 25.7 Å². The summed E-state index contributed by atoms with van der Waals surface area (Å²) in [4.78, 5) is 8.50. The SMILES string of the molecule is Nc1c(NCC2CCCO2)ncnc1NC1CCCC1. The largest absolute Gasteiger partial charge is 0.393 e. The van der Waals surface area contributed by atoms with Crippen molar-refractivity contribution in [3.63, 3.8) is 0 Å². The molecule has 1 saturated heterocycles. The van der Waals surface area contributed by atoms with Gasteiger partial charge in [-0.2, -0.15) is 0 Å². The quantitative estimate of drug-likeness (QED) is 0.763. The van der Waals surface area contributed by atoms with Crippen molar-refractivity contribution in [2.24, 2.45) is 0 Å². The molecular formula is C14H23N5O. The Balaban J connectivity index is 1.61. The van der Waals surface area contributed by atoms with Crippen molar-refractivity contribution in [3.8, 4) is 0 Å². The summed E-state index contributed by atoms with van der Waals surface area (Å²) < 4.78 is 5.59. The Hall–Kier alpha value is -1.56. The molecule has 1 aliphatic carbocycles. The normalized spacial score (nSPS) is 23.1. The van der Waals surface area contributed by atoms with E-state index in [0.717, 1.165) is 31.8 Å². The van der Waals surface area contributed by atoms with Crippen LogP contribution in [0.1, 0.15) is 38.5 Å². The molecule has 2 fully saturated rings. The van der Waals surface area contributed by atoms with Gasteiger partial charge in [-0.3, -0.25) is 0 Å². The highest BCUT2D eigenvalue weighted by molar-refractivity contribution is 5.74. The van der Waals surface area contributed by atoms with Crippen molar-refractivity contribution < 1.29 is 4.74 Å². The van der Waals surface area contributed by atoms with Crippen LogP contribution < -0.4 is 16.4 Å². The Labute approximate surface area is 119 Å². The van der Waals surface area contributed by atoms with E-state index in [2.05, 4.69) is 20.6 Å². The fraction of sp³-hybridized carbons (Fsp3) is 0.714. The average molecular weight is 277 g/mol. The zero-order valence-corrected chi connectivity index (χ0v) is 11.8. The number of aromatic nitrogens is 2. The van der Waals surface area contributed by atoms with Gasteiger partial charge in [-0.25, -0.2) is 9.97 Å². The van der Waals surface area contributed by atoms with Crippen molar-refractivity contribution in [1.29, 1.82) is 0 Å². The fourth-order valence-corrected chi connectivity index (χ4v) is 2.93. The number of rotatable bonds is 5. The molecule has 1 unspecified atom stereocenters. The highest BCUT2D eigenvalue weighted by atomic mass is 16.5. The lowest BCUT2D eigenvalue weighted by molar-refractivity contribution is 0.120. The second kappa shape index (κ2) is 6.26. The van der Waals surface area contributed by atoms with E-state index in [4.69, 9.17) is 10.5 Å². The van der Waals surface area contributed by atoms with Crippen molar-refractivity contribution >= 4 is 17.3 Å². The predicted molar refractivity (Wildman–Crippen MR) is 79.8 cm³/mol. The first kappa shape index (κ1) is 13.4. The molecular weight excluding hydrogens is 254 g/mol. The van der Waals surface area contributed by atoms with E-state index < -0.39 is 0 Å². The standard InChI is InChI=1S/C14H23N5O/c15-12-13(16-8-11-6-3-7-20-11)17-9-18-14(12)19-10-4-1-2-5-10/h9-11H,1-8,15H2,(H2,16,17,18,19). The van der Waals surface area contributed by atoms with Crippen molar-refractivity contribution in [1.82, 2.24) is 9.97 Å². The number of anilines is 3. The highest BCUT2D eigenvalue weighted by Gasteiger charge is 2.19. The van der Waals surface area contributed by atoms with E-state index >= 15 is 0 Å². The number of ether oxygens (including phenoxy) is 1. The maximum absolute atomic E-state index is 6.16. The highest BCUT2D eigenvalue weighted by Crippen LogP contribution is 2.27. The Morgan fingerprint density at radius 3 is 2.70 bits per heavy atom. The van der Waals surface area contributed by atoms with Crippen molar-refractivity contribution in [2.75, 3.05) is 29.5 Å². The van der Waals surface area contributed by atoms with Gasteiger partial charge in [-0.05, 0) is 25.7 Å². The molecule has 110 valence electrons. The van der Waals surface area contributed by atoms with Gasteiger partial charge in [0.05, 0.1) is 6.10 Å². The van der Waals surface area contributed by atoms with Gasteiger partial charge in [-0.1, -0.05) is 12.8 Å². The van der Waals surface area contributed by atoms with Crippen molar-refractivity contribution in [2.45, 2.75) is 50.7 Å². The Morgan fingerprint density at radius 2 is 1.95 bits per heavy atom. The van der Waals surface area contributed by atoms with Crippen LogP contribution in [0, 0.1) is 0 Å². The zero-order chi connectivity index (χ0) is 13.8. The van der Waals surface area contributed by atoms with Gasteiger partial charge >= 0.3 is 0 Å². The van der Waals surface area contributed by atoms with Gasteiger partial charge in [-0.15, -0.1) is 0 Å². The second-order valence-electron chi connectivity index (χ2n) is 5.63. The minimum Gasteiger partial charge on any atom is -0.393 e. The van der Waals surface area contributed by atoms with Gasteiger partial charge < -0.3 is 21.1 Å². The van der Waals surface area contributed by atoms with Crippen LogP contribution in [-0.4, -0.2) is 35.3 Å². The monoisotopic (exact) mass is 277 g/mol. The molecule has 1 aromatic rings. The summed E-state index contributed by atoms with van der Waals surface area (Å²) in [5.41, 5.74) is 6.76. The summed E-state index contributed by atoms with van der Waals surface area (Å²) >= 11 is 0. The van der Waals surface area contributed by atoms with Crippen LogP contribution in [0.2, 0.25) is 0 Å². The van der Waals surface area contributed by atoms with Crippen LogP contribution >= 0.6 is 0 Å². The molecule has 0 aromatic carbocycles. The molecule has 2 aliphatic rings. The van der Waals surface area contributed by atoms with E-state index in [1.54, 1.807) is 6.33 Å². The third-order valence-corrected chi connectivity index (χ3v) is 4.10. The van der Waals surface area contributed by atoms with Crippen LogP contribution in [0.4, 0.5) is 17.3 Å². The number of hydrogen-bond acceptors (Lipinski definition) is 6. The van der Waals surface area contributed by atoms with E-state index in [0.29, 0.717) is 17.5 Å². The molecule has 2 heterocycles. The molecule has 3 rings (SSSR count). The van der Waals surface area contributed by atoms with Crippen LogP contribution in [0.3, 0.4) is 0 Å². The van der Waals surface area contributed by atoms with Crippen LogP contribution in [0.15, 0.2) is 6.33 Å². The van der Waals surface area contributed by atoms with Gasteiger partial charge in [0, 0.05) is 19.2 Å².